The molecule has 0 bridgehead atoms. The van der Waals surface area contributed by atoms with Gasteiger partial charge in [0.2, 0.25) is 0 Å². The van der Waals surface area contributed by atoms with Crippen LogP contribution in [0.2, 0.25) is 0 Å². The fourth-order valence-electron chi connectivity index (χ4n) is 8.75. The van der Waals surface area contributed by atoms with Gasteiger partial charge in [-0.15, -0.1) is 0 Å². The molecular weight excluding hydrogens is 670 g/mol. The molecule has 0 radical (unpaired) electrons. The summed E-state index contributed by atoms with van der Waals surface area (Å²) in [4.78, 5) is 44.7. The Balaban J connectivity index is 0.967. The Bertz CT molecular complexity index is 1400. The molecule has 13 nitrogen and oxygen atoms in total. The highest BCUT2D eigenvalue weighted by atomic mass is 16.5. The van der Waals surface area contributed by atoms with Gasteiger partial charge in [0.05, 0.1) is 42.5 Å². The first-order chi connectivity index (χ1) is 25.8. The molecule has 13 heteroatoms. The van der Waals surface area contributed by atoms with Crippen molar-refractivity contribution in [3.63, 3.8) is 0 Å². The number of fused-ring (bicyclic) bond motifs is 1. The normalized spacial score (nSPS) is 23.3. The lowest BCUT2D eigenvalue weighted by molar-refractivity contribution is -0.140. The number of carbonyl (C=O) groups excluding carboxylic acids is 2. The van der Waals surface area contributed by atoms with E-state index in [1.54, 1.807) is 0 Å². The van der Waals surface area contributed by atoms with Crippen molar-refractivity contribution in [3.8, 4) is 0 Å². The molecule has 5 rings (SSSR count). The van der Waals surface area contributed by atoms with Gasteiger partial charge in [0, 0.05) is 30.5 Å². The van der Waals surface area contributed by atoms with Crippen molar-refractivity contribution in [1.29, 1.82) is 0 Å². The van der Waals surface area contributed by atoms with Crippen LogP contribution in [0, 0.1) is 0 Å². The number of nitrogens with two attached hydrogens (primary N) is 3. The lowest BCUT2D eigenvalue weighted by Crippen LogP contribution is -2.56. The van der Waals surface area contributed by atoms with Crippen molar-refractivity contribution in [2.75, 3.05) is 26.3 Å². The highest BCUT2D eigenvalue weighted by Gasteiger charge is 2.46. The minimum absolute atomic E-state index is 0.0734. The van der Waals surface area contributed by atoms with E-state index in [4.69, 9.17) is 36.7 Å². The van der Waals surface area contributed by atoms with Gasteiger partial charge in [0.1, 0.15) is 0 Å². The van der Waals surface area contributed by atoms with E-state index in [1.807, 2.05) is 11.8 Å². The second kappa shape index (κ2) is 20.6. The zero-order chi connectivity index (χ0) is 37.6. The summed E-state index contributed by atoms with van der Waals surface area (Å²) in [5.74, 6) is 1.10. The quantitative estimate of drug-likeness (QED) is 0.0452. The largest absolute Gasteiger partial charge is 0.462 e. The molecule has 1 unspecified atom stereocenters. The SMILES string of the molecule is CCCCCCC[C@H]1C[C@H]2CC[C@H]3C(C(=O)OCCCCCCCCCC4N=C(N)N5CCCC5=C4C(=O)OCCCCN=C(N)N)=C(C)NC(=N1)N23. The van der Waals surface area contributed by atoms with Crippen LogP contribution in [0.4, 0.5) is 0 Å². The maximum absolute atomic E-state index is 13.3. The Labute approximate surface area is 317 Å². The zero-order valence-electron chi connectivity index (χ0n) is 32.6. The Kier molecular flexibility index (Phi) is 15.7. The van der Waals surface area contributed by atoms with Crippen LogP contribution < -0.4 is 22.5 Å². The number of nitrogens with zero attached hydrogens (tertiary/aromatic N) is 5. The molecule has 2 fully saturated rings. The van der Waals surface area contributed by atoms with Gasteiger partial charge in [-0.1, -0.05) is 77.6 Å². The van der Waals surface area contributed by atoms with Crippen LogP contribution in [0.15, 0.2) is 37.5 Å². The van der Waals surface area contributed by atoms with Crippen molar-refractivity contribution in [2.45, 2.75) is 173 Å². The number of esters is 2. The van der Waals surface area contributed by atoms with Crippen LogP contribution in [0.25, 0.3) is 0 Å². The second-order valence-corrected chi connectivity index (χ2v) is 15.5. The lowest BCUT2D eigenvalue weighted by atomic mass is 9.96. The molecule has 5 aliphatic heterocycles. The minimum atomic E-state index is -0.281. The number of nitrogens with one attached hydrogen (secondary N) is 1. The molecule has 0 aromatic rings. The molecule has 5 heterocycles. The number of guanidine groups is 3. The standard InChI is InChI=1S/C40H67N9O4/c1-3-4-5-9-12-18-29-27-30-21-22-33-34(28(2)45-40(46-29)49(30)33)36(50)52-25-15-11-8-6-7-10-13-19-31-35(32-20-17-24-48(32)39(43)47-31)37(51)53-26-16-14-23-44-38(41)42/h29-31,33H,3-27H2,1-2H3,(H2,43,47)(H,45,46)(H4,41,42,44)/t29-,30+,31?,33-/m0/s1. The van der Waals surface area contributed by atoms with Gasteiger partial charge in [-0.05, 0) is 71.1 Å². The topological polar surface area (TPSA) is 186 Å². The molecule has 53 heavy (non-hydrogen) atoms. The molecule has 0 saturated carbocycles. The van der Waals surface area contributed by atoms with E-state index in [1.165, 1.54) is 32.1 Å². The molecule has 296 valence electrons. The Morgan fingerprint density at radius 1 is 0.849 bits per heavy atom. The first-order valence-electron chi connectivity index (χ1n) is 20.9. The fourth-order valence-corrected chi connectivity index (χ4v) is 8.75. The first kappa shape index (κ1) is 40.4. The van der Waals surface area contributed by atoms with Crippen molar-refractivity contribution < 1.29 is 19.1 Å². The number of ether oxygens (including phenoxy) is 2. The number of unbranched alkanes of at least 4 members (excludes halogenated alkanes) is 11. The van der Waals surface area contributed by atoms with E-state index < -0.39 is 0 Å². The van der Waals surface area contributed by atoms with Crippen molar-refractivity contribution in [3.05, 3.63) is 22.5 Å². The molecule has 5 aliphatic rings. The maximum Gasteiger partial charge on any atom is 0.337 e. The third-order valence-corrected chi connectivity index (χ3v) is 11.5. The molecule has 0 aliphatic carbocycles. The Morgan fingerprint density at radius 3 is 2.25 bits per heavy atom. The molecule has 4 atom stereocenters. The van der Waals surface area contributed by atoms with Crippen molar-refractivity contribution in [2.24, 2.45) is 32.2 Å². The van der Waals surface area contributed by atoms with E-state index in [9.17, 15) is 9.59 Å². The summed E-state index contributed by atoms with van der Waals surface area (Å²) < 4.78 is 11.5. The van der Waals surface area contributed by atoms with Gasteiger partial charge in [-0.25, -0.2) is 19.6 Å². The molecule has 0 amide bonds. The summed E-state index contributed by atoms with van der Waals surface area (Å²) in [7, 11) is 0. The van der Waals surface area contributed by atoms with E-state index in [2.05, 4.69) is 22.1 Å². The monoisotopic (exact) mass is 738 g/mol. The van der Waals surface area contributed by atoms with Crippen LogP contribution in [-0.4, -0.2) is 90.1 Å². The van der Waals surface area contributed by atoms with E-state index in [0.717, 1.165) is 126 Å². The van der Waals surface area contributed by atoms with E-state index >= 15 is 0 Å². The van der Waals surface area contributed by atoms with Crippen LogP contribution in [0.1, 0.15) is 149 Å². The maximum atomic E-state index is 13.3. The number of hydrogen-bond donors (Lipinski definition) is 4. The van der Waals surface area contributed by atoms with Crippen molar-refractivity contribution in [1.82, 2.24) is 15.1 Å². The molecule has 0 spiro atoms. The first-order valence-corrected chi connectivity index (χ1v) is 20.9. The van der Waals surface area contributed by atoms with E-state index in [0.29, 0.717) is 49.8 Å². The summed E-state index contributed by atoms with van der Waals surface area (Å²) >= 11 is 0. The summed E-state index contributed by atoms with van der Waals surface area (Å²) in [5, 5.41) is 3.49. The van der Waals surface area contributed by atoms with Crippen LogP contribution in [-0.2, 0) is 19.1 Å². The molecule has 2 saturated heterocycles. The summed E-state index contributed by atoms with van der Waals surface area (Å²) in [5.41, 5.74) is 20.4. The average Bonchev–Trinajstić information content (AvgIpc) is 3.79. The van der Waals surface area contributed by atoms with Gasteiger partial charge < -0.3 is 41.8 Å². The van der Waals surface area contributed by atoms with Crippen molar-refractivity contribution >= 4 is 29.8 Å². The van der Waals surface area contributed by atoms with Crippen LogP contribution in [0.3, 0.4) is 0 Å². The summed E-state index contributed by atoms with van der Waals surface area (Å²) in [6, 6.07) is 0.669. The number of hydrogen-bond acceptors (Lipinski definition) is 11. The number of rotatable bonds is 23. The third-order valence-electron chi connectivity index (χ3n) is 11.5. The van der Waals surface area contributed by atoms with Gasteiger partial charge in [0.15, 0.2) is 17.9 Å². The summed E-state index contributed by atoms with van der Waals surface area (Å²) in [6.45, 7) is 6.34. The fraction of sp³-hybridized carbons (Fsp3) is 0.775. The number of carbonyl (C=O) groups is 2. The molecule has 0 aromatic heterocycles. The predicted molar refractivity (Wildman–Crippen MR) is 211 cm³/mol. The Morgan fingerprint density at radius 2 is 1.51 bits per heavy atom. The molecule has 0 aromatic carbocycles. The summed E-state index contributed by atoms with van der Waals surface area (Å²) in [6.07, 6.45) is 22.1. The lowest BCUT2D eigenvalue weighted by Gasteiger charge is -2.42. The average molecular weight is 738 g/mol. The highest BCUT2D eigenvalue weighted by molar-refractivity contribution is 5.97. The molecule has 7 N–H and O–H groups in total. The van der Waals surface area contributed by atoms with Gasteiger partial charge in [-0.3, -0.25) is 4.99 Å². The van der Waals surface area contributed by atoms with Gasteiger partial charge >= 0.3 is 11.9 Å². The Hall–Kier alpha value is -3.77. The number of aliphatic imine (C=N–C) groups is 3. The second-order valence-electron chi connectivity index (χ2n) is 15.5. The zero-order valence-corrected chi connectivity index (χ0v) is 32.6. The smallest absolute Gasteiger partial charge is 0.337 e. The van der Waals surface area contributed by atoms with Gasteiger partial charge in [-0.2, -0.15) is 0 Å². The predicted octanol–water partition coefficient (Wildman–Crippen LogP) is 5.49. The minimum Gasteiger partial charge on any atom is -0.462 e. The number of allylic oxidation sites excluding steroid dienone is 2. The van der Waals surface area contributed by atoms with E-state index in [-0.39, 0.29) is 30.0 Å². The van der Waals surface area contributed by atoms with Crippen LogP contribution >= 0.6 is 0 Å². The van der Waals surface area contributed by atoms with Crippen LogP contribution in [0.5, 0.6) is 0 Å². The third kappa shape index (κ3) is 11.1. The van der Waals surface area contributed by atoms with Gasteiger partial charge in [0.25, 0.3) is 0 Å². The highest BCUT2D eigenvalue weighted by Crippen LogP contribution is 2.39. The molecular formula is C40H67N9O4.